The van der Waals surface area contributed by atoms with Gasteiger partial charge in [0.1, 0.15) is 5.75 Å². The molecule has 0 atom stereocenters. The summed E-state index contributed by atoms with van der Waals surface area (Å²) in [5.74, 6) is -0.851. The normalized spacial score (nSPS) is 13.5. The number of hydrogen-bond donors (Lipinski definition) is 1. The average Bonchev–Trinajstić information content (AvgIpc) is 2.92. The number of nitrogens with zero attached hydrogens (tertiary/aromatic N) is 1. The van der Waals surface area contributed by atoms with Crippen LogP contribution in [-0.4, -0.2) is 43.8 Å². The van der Waals surface area contributed by atoms with Crippen molar-refractivity contribution < 1.29 is 28.6 Å². The zero-order valence-electron chi connectivity index (χ0n) is 21.2. The molecule has 8 heteroatoms. The molecule has 0 bridgehead atoms. The minimum absolute atomic E-state index is 0.130. The summed E-state index contributed by atoms with van der Waals surface area (Å²) in [6, 6.07) is 13.9. The van der Waals surface area contributed by atoms with Crippen molar-refractivity contribution in [3.8, 4) is 16.9 Å². The summed E-state index contributed by atoms with van der Waals surface area (Å²) < 4.78 is 15.6. The second-order valence-corrected chi connectivity index (χ2v) is 8.31. The highest BCUT2D eigenvalue weighted by molar-refractivity contribution is 6.38. The third-order valence-electron chi connectivity index (χ3n) is 6.25. The van der Waals surface area contributed by atoms with Crippen molar-refractivity contribution in [3.63, 3.8) is 0 Å². The van der Waals surface area contributed by atoms with Gasteiger partial charge in [-0.15, -0.1) is 0 Å². The summed E-state index contributed by atoms with van der Waals surface area (Å²) in [5.41, 5.74) is 3.86. The standard InChI is InChI=1S/C29H26N2O6/c1-16-21(24-17(2)25(32)27(36-4)28(37-5)26(24)33)12-13-22(23(16)18-7-6-14-30-15-18)29(34)31-19-8-10-20(35-3)11-9-19/h6-15H,1-5H3,(H,31,34). The number of methoxy groups -OCH3 is 3. The molecule has 1 aromatic heterocycles. The highest BCUT2D eigenvalue weighted by Gasteiger charge is 2.36. The molecule has 8 nitrogen and oxygen atoms in total. The Morgan fingerprint density at radius 3 is 2.11 bits per heavy atom. The molecular weight excluding hydrogens is 472 g/mol. The Bertz CT molecular complexity index is 1450. The van der Waals surface area contributed by atoms with E-state index in [0.29, 0.717) is 39.3 Å². The van der Waals surface area contributed by atoms with E-state index in [1.165, 1.54) is 14.2 Å². The van der Waals surface area contributed by atoms with E-state index in [-0.39, 0.29) is 28.6 Å². The molecular formula is C29H26N2O6. The molecule has 0 saturated carbocycles. The van der Waals surface area contributed by atoms with Gasteiger partial charge >= 0.3 is 0 Å². The lowest BCUT2D eigenvalue weighted by atomic mass is 9.83. The maximum atomic E-state index is 13.4. The highest BCUT2D eigenvalue weighted by Crippen LogP contribution is 2.38. The molecule has 4 rings (SSSR count). The van der Waals surface area contributed by atoms with E-state index < -0.39 is 11.6 Å². The zero-order valence-corrected chi connectivity index (χ0v) is 21.2. The Morgan fingerprint density at radius 2 is 1.51 bits per heavy atom. The lowest BCUT2D eigenvalue weighted by molar-refractivity contribution is -0.119. The lowest BCUT2D eigenvalue weighted by Crippen LogP contribution is -2.25. The minimum atomic E-state index is -0.466. The van der Waals surface area contributed by atoms with Crippen molar-refractivity contribution >= 4 is 28.7 Å². The largest absolute Gasteiger partial charge is 0.497 e. The lowest BCUT2D eigenvalue weighted by Gasteiger charge is -2.23. The smallest absolute Gasteiger partial charge is 0.256 e. The maximum Gasteiger partial charge on any atom is 0.256 e. The number of amides is 1. The topological polar surface area (TPSA) is 104 Å². The van der Waals surface area contributed by atoms with Gasteiger partial charge in [-0.3, -0.25) is 19.4 Å². The molecule has 0 aliphatic heterocycles. The molecule has 0 fully saturated rings. The third kappa shape index (κ3) is 4.61. The molecule has 0 radical (unpaired) electrons. The highest BCUT2D eigenvalue weighted by atomic mass is 16.5. The Hall–Kier alpha value is -4.72. The number of nitrogens with one attached hydrogen (secondary N) is 1. The number of hydrogen-bond acceptors (Lipinski definition) is 7. The Kier molecular flexibility index (Phi) is 7.20. The van der Waals surface area contributed by atoms with Crippen LogP contribution in [0.4, 0.5) is 5.69 Å². The first-order chi connectivity index (χ1) is 17.8. The first-order valence-electron chi connectivity index (χ1n) is 11.4. The second-order valence-electron chi connectivity index (χ2n) is 8.31. The van der Waals surface area contributed by atoms with E-state index in [1.54, 1.807) is 68.9 Å². The molecule has 0 unspecified atom stereocenters. The van der Waals surface area contributed by atoms with Crippen molar-refractivity contribution in [1.82, 2.24) is 4.98 Å². The van der Waals surface area contributed by atoms with E-state index in [2.05, 4.69) is 10.3 Å². The molecule has 1 N–H and O–H groups in total. The molecule has 37 heavy (non-hydrogen) atoms. The summed E-state index contributed by atoms with van der Waals surface area (Å²) >= 11 is 0. The van der Waals surface area contributed by atoms with Crippen LogP contribution in [0.3, 0.4) is 0 Å². The summed E-state index contributed by atoms with van der Waals surface area (Å²) in [7, 11) is 4.21. The van der Waals surface area contributed by atoms with E-state index in [4.69, 9.17) is 14.2 Å². The molecule has 2 aromatic carbocycles. The van der Waals surface area contributed by atoms with Crippen molar-refractivity contribution in [2.45, 2.75) is 13.8 Å². The number of rotatable bonds is 7. The Labute approximate surface area is 214 Å². The van der Waals surface area contributed by atoms with E-state index in [9.17, 15) is 14.4 Å². The van der Waals surface area contributed by atoms with Crippen molar-refractivity contribution in [3.05, 3.63) is 94.7 Å². The number of allylic oxidation sites excluding steroid dienone is 2. The van der Waals surface area contributed by atoms with Gasteiger partial charge in [0.15, 0.2) is 0 Å². The van der Waals surface area contributed by atoms with Gasteiger partial charge in [0.05, 0.1) is 21.3 Å². The number of pyridine rings is 1. The van der Waals surface area contributed by atoms with Crippen molar-refractivity contribution in [2.24, 2.45) is 0 Å². The number of benzene rings is 2. The van der Waals surface area contributed by atoms with Gasteiger partial charge in [-0.2, -0.15) is 0 Å². The van der Waals surface area contributed by atoms with Crippen LogP contribution in [0, 0.1) is 6.92 Å². The van der Waals surface area contributed by atoms with Gasteiger partial charge < -0.3 is 19.5 Å². The Morgan fingerprint density at radius 1 is 0.838 bits per heavy atom. The van der Waals surface area contributed by atoms with Gasteiger partial charge in [-0.05, 0) is 66.9 Å². The van der Waals surface area contributed by atoms with Gasteiger partial charge in [0, 0.05) is 40.4 Å². The predicted octanol–water partition coefficient (Wildman–Crippen LogP) is 4.75. The number of ether oxygens (including phenoxy) is 3. The molecule has 1 amide bonds. The number of carbonyl (C=O) groups excluding carboxylic acids is 3. The summed E-state index contributed by atoms with van der Waals surface area (Å²) in [6.45, 7) is 3.39. The number of aromatic nitrogens is 1. The maximum absolute atomic E-state index is 13.4. The first-order valence-corrected chi connectivity index (χ1v) is 11.4. The van der Waals surface area contributed by atoms with E-state index in [0.717, 1.165) is 0 Å². The van der Waals surface area contributed by atoms with Crippen LogP contribution in [0.2, 0.25) is 0 Å². The van der Waals surface area contributed by atoms with Crippen LogP contribution in [0.5, 0.6) is 5.75 Å². The van der Waals surface area contributed by atoms with Crippen LogP contribution in [0.25, 0.3) is 16.7 Å². The molecule has 0 saturated heterocycles. The molecule has 1 aliphatic carbocycles. The Balaban J connectivity index is 1.86. The quantitative estimate of drug-likeness (QED) is 0.469. The number of ketones is 2. The molecule has 1 aliphatic rings. The van der Waals surface area contributed by atoms with Crippen LogP contribution >= 0.6 is 0 Å². The summed E-state index contributed by atoms with van der Waals surface area (Å²) in [4.78, 5) is 44.0. The molecule has 0 spiro atoms. The van der Waals surface area contributed by atoms with Crippen LogP contribution in [0.15, 0.2) is 78.0 Å². The van der Waals surface area contributed by atoms with Crippen LogP contribution < -0.4 is 10.1 Å². The fraction of sp³-hybridized carbons (Fsp3) is 0.172. The zero-order chi connectivity index (χ0) is 26.7. The van der Waals surface area contributed by atoms with Gasteiger partial charge in [-0.25, -0.2) is 0 Å². The minimum Gasteiger partial charge on any atom is -0.497 e. The third-order valence-corrected chi connectivity index (χ3v) is 6.25. The van der Waals surface area contributed by atoms with Crippen molar-refractivity contribution in [2.75, 3.05) is 26.6 Å². The number of anilines is 1. The first kappa shape index (κ1) is 25.4. The monoisotopic (exact) mass is 498 g/mol. The fourth-order valence-corrected chi connectivity index (χ4v) is 4.40. The van der Waals surface area contributed by atoms with Crippen LogP contribution in [-0.2, 0) is 19.1 Å². The second kappa shape index (κ2) is 10.5. The molecule has 1 heterocycles. The van der Waals surface area contributed by atoms with E-state index in [1.807, 2.05) is 13.0 Å². The number of carbonyl (C=O) groups is 3. The summed E-state index contributed by atoms with van der Waals surface area (Å²) in [6.07, 6.45) is 3.28. The van der Waals surface area contributed by atoms with E-state index >= 15 is 0 Å². The summed E-state index contributed by atoms with van der Waals surface area (Å²) in [5, 5.41) is 2.91. The van der Waals surface area contributed by atoms with Gasteiger partial charge in [0.2, 0.25) is 23.1 Å². The average molecular weight is 499 g/mol. The molecule has 3 aromatic rings. The number of Topliss-reactive ketones (excluding diaryl/α,β-unsaturated/α-hetero) is 2. The van der Waals surface area contributed by atoms with Gasteiger partial charge in [-0.1, -0.05) is 12.1 Å². The predicted molar refractivity (Wildman–Crippen MR) is 139 cm³/mol. The van der Waals surface area contributed by atoms with Gasteiger partial charge in [0.25, 0.3) is 5.91 Å². The fourth-order valence-electron chi connectivity index (χ4n) is 4.40. The van der Waals surface area contributed by atoms with Crippen LogP contribution in [0.1, 0.15) is 28.4 Å². The SMILES string of the molecule is COC1=C(OC)C(=O)C(c2ccc(C(=O)Nc3ccc(OC)cc3)c(-c3cccnc3)c2C)=C(C)C1=O. The molecule has 188 valence electrons. The van der Waals surface area contributed by atoms with Crippen molar-refractivity contribution in [1.29, 1.82) is 0 Å².